The van der Waals surface area contributed by atoms with Crippen LogP contribution in [0.25, 0.3) is 22.4 Å². The Morgan fingerprint density at radius 2 is 1.78 bits per heavy atom. The van der Waals surface area contributed by atoms with Crippen molar-refractivity contribution in [2.45, 2.75) is 58.1 Å². The van der Waals surface area contributed by atoms with E-state index in [9.17, 15) is 27.6 Å². The first-order valence-electron chi connectivity index (χ1n) is 17.8. The van der Waals surface area contributed by atoms with Crippen LogP contribution in [0.5, 0.6) is 5.75 Å². The van der Waals surface area contributed by atoms with Gasteiger partial charge in [-0.2, -0.15) is 0 Å². The topological polar surface area (TPSA) is 154 Å². The smallest absolute Gasteiger partial charge is 0.453 e. The van der Waals surface area contributed by atoms with Crippen molar-refractivity contribution in [1.29, 1.82) is 0 Å². The second kappa shape index (κ2) is 16.2. The van der Waals surface area contributed by atoms with Gasteiger partial charge in [0.25, 0.3) is 5.91 Å². The van der Waals surface area contributed by atoms with Crippen LogP contribution >= 0.6 is 0 Å². The summed E-state index contributed by atoms with van der Waals surface area (Å²) in [5, 5.41) is 8.66. The molecule has 16 heteroatoms. The molecule has 13 nitrogen and oxygen atoms in total. The Kier molecular flexibility index (Phi) is 11.4. The van der Waals surface area contributed by atoms with E-state index in [0.29, 0.717) is 41.3 Å². The number of imidazole rings is 1. The molecular formula is C38H43F3N8O5. The van der Waals surface area contributed by atoms with E-state index < -0.39 is 30.2 Å². The summed E-state index contributed by atoms with van der Waals surface area (Å²) in [4.78, 5) is 54.8. The van der Waals surface area contributed by atoms with Crippen molar-refractivity contribution >= 4 is 29.4 Å². The van der Waals surface area contributed by atoms with Gasteiger partial charge in [-0.15, -0.1) is 13.2 Å². The van der Waals surface area contributed by atoms with Gasteiger partial charge in [-0.1, -0.05) is 38.1 Å². The van der Waals surface area contributed by atoms with Crippen molar-refractivity contribution in [3.63, 3.8) is 0 Å². The molecule has 0 spiro atoms. The number of H-pyrrole nitrogens is 1. The van der Waals surface area contributed by atoms with Crippen LogP contribution in [0.2, 0.25) is 0 Å². The van der Waals surface area contributed by atoms with Crippen LogP contribution < -0.4 is 25.6 Å². The van der Waals surface area contributed by atoms with Crippen molar-refractivity contribution in [2.75, 3.05) is 43.5 Å². The number of amides is 3. The number of likely N-dealkylation sites (tertiary alicyclic amines) is 1. The molecule has 0 saturated carbocycles. The number of aromatic nitrogens is 3. The van der Waals surface area contributed by atoms with Crippen molar-refractivity contribution in [3.05, 3.63) is 78.4 Å². The van der Waals surface area contributed by atoms with E-state index in [2.05, 4.69) is 42.5 Å². The average Bonchev–Trinajstić information content (AvgIpc) is 3.84. The molecule has 2 aliphatic rings. The number of hydrogen-bond acceptors (Lipinski definition) is 9. The number of carbonyl (C=O) groups excluding carboxylic acids is 3. The number of piperazine rings is 1. The van der Waals surface area contributed by atoms with Crippen molar-refractivity contribution in [1.82, 2.24) is 30.5 Å². The van der Waals surface area contributed by atoms with Gasteiger partial charge >= 0.3 is 12.5 Å². The lowest BCUT2D eigenvalue weighted by Gasteiger charge is -2.34. The number of hydrogen-bond donors (Lipinski definition) is 4. The highest BCUT2D eigenvalue weighted by atomic mass is 19.4. The molecule has 2 saturated heterocycles. The monoisotopic (exact) mass is 748 g/mol. The second-order valence-corrected chi connectivity index (χ2v) is 13.7. The molecular weight excluding hydrogens is 705 g/mol. The number of methoxy groups -OCH3 is 1. The Bertz CT molecular complexity index is 1950. The number of alkyl carbamates (subject to hydrolysis) is 1. The molecule has 1 unspecified atom stereocenters. The third-order valence-corrected chi connectivity index (χ3v) is 9.60. The minimum Gasteiger partial charge on any atom is -0.453 e. The highest BCUT2D eigenvalue weighted by molar-refractivity contribution is 6.05. The maximum absolute atomic E-state index is 13.6. The van der Waals surface area contributed by atoms with Gasteiger partial charge in [-0.05, 0) is 61.6 Å². The van der Waals surface area contributed by atoms with Gasteiger partial charge < -0.3 is 40.2 Å². The number of anilines is 2. The Hall–Kier alpha value is -5.64. The lowest BCUT2D eigenvalue weighted by Crippen LogP contribution is -2.51. The van der Waals surface area contributed by atoms with Crippen LogP contribution in [0.15, 0.2) is 67.0 Å². The molecule has 6 rings (SSSR count). The van der Waals surface area contributed by atoms with Crippen molar-refractivity contribution in [3.8, 4) is 28.1 Å². The maximum atomic E-state index is 13.6. The fourth-order valence-electron chi connectivity index (χ4n) is 6.79. The zero-order chi connectivity index (χ0) is 38.6. The summed E-state index contributed by atoms with van der Waals surface area (Å²) in [5.74, 6) is -0.206. The molecule has 2 fully saturated rings. The number of nitrogens with zero attached hydrogens (tertiary/aromatic N) is 4. The lowest BCUT2D eigenvalue weighted by atomic mass is 10.00. The first kappa shape index (κ1) is 38.1. The molecule has 2 aromatic carbocycles. The van der Waals surface area contributed by atoms with Crippen molar-refractivity contribution in [2.24, 2.45) is 5.92 Å². The van der Waals surface area contributed by atoms with Crippen LogP contribution in [0.3, 0.4) is 0 Å². The summed E-state index contributed by atoms with van der Waals surface area (Å²) in [7, 11) is 1.24. The molecule has 286 valence electrons. The third kappa shape index (κ3) is 8.76. The number of nitrogens with one attached hydrogen (secondary N) is 4. The highest BCUT2D eigenvalue weighted by Gasteiger charge is 2.38. The Morgan fingerprint density at radius 1 is 1.02 bits per heavy atom. The quantitative estimate of drug-likeness (QED) is 0.150. The number of ether oxygens (including phenoxy) is 2. The van der Waals surface area contributed by atoms with Gasteiger partial charge in [-0.3, -0.25) is 9.59 Å². The van der Waals surface area contributed by atoms with Gasteiger partial charge in [0.05, 0.1) is 30.7 Å². The number of pyridine rings is 1. The van der Waals surface area contributed by atoms with Gasteiger partial charge in [0.1, 0.15) is 23.4 Å². The number of halogens is 3. The van der Waals surface area contributed by atoms with Gasteiger partial charge in [0.2, 0.25) is 5.91 Å². The Balaban J connectivity index is 1.17. The number of alkyl halides is 3. The number of benzene rings is 2. The molecule has 4 N–H and O–H groups in total. The largest absolute Gasteiger partial charge is 0.573 e. The Morgan fingerprint density at radius 3 is 2.44 bits per heavy atom. The standard InChI is InChI=1S/C38H43F3N8O5/c1-22(2)33(47-37(52)53-4)36(51)49-16-5-6-30(49)34-44-21-29(46-34)25-9-7-24(8-10-25)28-13-11-26(18-31(28)54-38(39,40)41)35(50)45-27-12-14-32(43-20-27)48-17-15-42-19-23(48)3/h7-14,18,20-23,30,33,42H,5-6,15-17,19H2,1-4H3,(H,44,46)(H,45,50)(H,47,52)/t23-,30-,33?/m0/s1. The molecule has 3 atom stereocenters. The van der Waals surface area contributed by atoms with Gasteiger partial charge in [-0.25, -0.2) is 14.8 Å². The minimum atomic E-state index is -5.00. The zero-order valence-corrected chi connectivity index (χ0v) is 30.4. The predicted octanol–water partition coefficient (Wildman–Crippen LogP) is 6.13. The number of aromatic amines is 1. The molecule has 54 heavy (non-hydrogen) atoms. The SMILES string of the molecule is COC(=O)NC(C(=O)N1CCC[C@H]1c1nc(-c2ccc(-c3ccc(C(=O)Nc4ccc(N5CCNC[C@@H]5C)nc4)cc3OC(F)(F)F)cc2)c[nH]1)C(C)C. The first-order valence-corrected chi connectivity index (χ1v) is 17.8. The zero-order valence-electron chi connectivity index (χ0n) is 30.4. The van der Waals surface area contributed by atoms with Crippen LogP contribution in [0, 0.1) is 5.92 Å². The fourth-order valence-corrected chi connectivity index (χ4v) is 6.79. The van der Waals surface area contributed by atoms with E-state index in [1.165, 1.54) is 25.4 Å². The molecule has 4 heterocycles. The summed E-state index contributed by atoms with van der Waals surface area (Å²) in [6.07, 6.45) is -1.03. The van der Waals surface area contributed by atoms with Crippen molar-refractivity contribution < 1.29 is 37.0 Å². The maximum Gasteiger partial charge on any atom is 0.573 e. The van der Waals surface area contributed by atoms with Crippen LogP contribution in [-0.4, -0.2) is 89.5 Å². The minimum absolute atomic E-state index is 0.0290. The van der Waals surface area contributed by atoms with E-state index in [0.717, 1.165) is 37.9 Å². The third-order valence-electron chi connectivity index (χ3n) is 9.60. The summed E-state index contributed by atoms with van der Waals surface area (Å²) in [6.45, 7) is 8.74. The highest BCUT2D eigenvalue weighted by Crippen LogP contribution is 2.37. The van der Waals surface area contributed by atoms with E-state index >= 15 is 0 Å². The van der Waals surface area contributed by atoms with Crippen LogP contribution in [-0.2, 0) is 9.53 Å². The molecule has 2 aromatic heterocycles. The van der Waals surface area contributed by atoms with Gasteiger partial charge in [0, 0.05) is 55.1 Å². The number of rotatable bonds is 10. The lowest BCUT2D eigenvalue weighted by molar-refractivity contribution is -0.274. The van der Waals surface area contributed by atoms with E-state index in [1.54, 1.807) is 47.5 Å². The molecule has 0 bridgehead atoms. The van der Waals surface area contributed by atoms with Crippen LogP contribution in [0.4, 0.5) is 29.5 Å². The average molecular weight is 749 g/mol. The van der Waals surface area contributed by atoms with Crippen LogP contribution in [0.1, 0.15) is 55.8 Å². The first-order chi connectivity index (χ1) is 25.8. The number of carbonyl (C=O) groups is 3. The Labute approximate surface area is 310 Å². The molecule has 4 aromatic rings. The summed E-state index contributed by atoms with van der Waals surface area (Å²) in [5.41, 5.74) is 2.19. The van der Waals surface area contributed by atoms with E-state index in [-0.39, 0.29) is 35.0 Å². The summed E-state index contributed by atoms with van der Waals surface area (Å²) in [6, 6.07) is 13.3. The second-order valence-electron chi connectivity index (χ2n) is 13.7. The summed E-state index contributed by atoms with van der Waals surface area (Å²) >= 11 is 0. The van der Waals surface area contributed by atoms with E-state index in [1.807, 2.05) is 13.8 Å². The van der Waals surface area contributed by atoms with E-state index in [4.69, 9.17) is 9.72 Å². The molecule has 0 radical (unpaired) electrons. The van der Waals surface area contributed by atoms with Gasteiger partial charge in [0.15, 0.2) is 0 Å². The molecule has 0 aliphatic carbocycles. The molecule has 2 aliphatic heterocycles. The normalized spacial score (nSPS) is 18.0. The summed E-state index contributed by atoms with van der Waals surface area (Å²) < 4.78 is 49.9. The predicted molar refractivity (Wildman–Crippen MR) is 196 cm³/mol. The molecule has 3 amide bonds. The fraction of sp³-hybridized carbons (Fsp3) is 0.395.